The van der Waals surface area contributed by atoms with E-state index in [1.165, 1.54) is 15.3 Å². The maximum absolute atomic E-state index is 14.4. The molecule has 1 N–H and O–H groups in total. The summed E-state index contributed by atoms with van der Waals surface area (Å²) in [6.07, 6.45) is 6.23. The second-order valence-electron chi connectivity index (χ2n) is 9.74. The normalized spacial score (nSPS) is 14.8. The minimum atomic E-state index is -3.56. The van der Waals surface area contributed by atoms with Crippen molar-refractivity contribution in [1.29, 1.82) is 0 Å². The molecule has 9 heteroatoms. The molecule has 37 heavy (non-hydrogen) atoms. The summed E-state index contributed by atoms with van der Waals surface area (Å²) in [5, 5.41) is 3.03. The van der Waals surface area contributed by atoms with Crippen molar-refractivity contribution < 1.29 is 22.4 Å². The average Bonchev–Trinajstić information content (AvgIpc) is 3.38. The smallest absolute Gasteiger partial charge is 0.242 e. The van der Waals surface area contributed by atoms with Crippen LogP contribution in [0.4, 0.5) is 10.1 Å². The van der Waals surface area contributed by atoms with E-state index in [-0.39, 0.29) is 43.8 Å². The van der Waals surface area contributed by atoms with Gasteiger partial charge in [0.2, 0.25) is 21.8 Å². The molecule has 1 fully saturated rings. The van der Waals surface area contributed by atoms with E-state index in [4.69, 9.17) is 0 Å². The molecule has 2 aromatic carbocycles. The van der Waals surface area contributed by atoms with Crippen molar-refractivity contribution in [3.63, 3.8) is 0 Å². The molecule has 1 aliphatic rings. The van der Waals surface area contributed by atoms with Crippen molar-refractivity contribution in [1.82, 2.24) is 10.2 Å². The molecule has 202 valence electrons. The van der Waals surface area contributed by atoms with Crippen LogP contribution in [0.2, 0.25) is 0 Å². The van der Waals surface area contributed by atoms with E-state index in [2.05, 4.69) is 5.32 Å². The maximum atomic E-state index is 14.4. The quantitative estimate of drug-likeness (QED) is 0.440. The summed E-state index contributed by atoms with van der Waals surface area (Å²) in [7, 11) is -3.56. The summed E-state index contributed by atoms with van der Waals surface area (Å²) in [6.45, 7) is 3.75. The van der Waals surface area contributed by atoms with Crippen molar-refractivity contribution in [3.8, 4) is 0 Å². The standard InChI is InChI=1S/C28H38FN3O4S/c1-4-22-15-17-25(18-16-22)32(37(3,35)36)19-9-14-27(33)31(20-23-10-5-8-13-26(23)29)21(2)28(34)30-24-11-6-7-12-24/h5,8,10,13,15-18,21,24H,4,6-7,9,11-12,14,19-20H2,1-3H3,(H,30,34)/t21-/m0/s1. The number of hydrogen-bond donors (Lipinski definition) is 1. The van der Waals surface area contributed by atoms with E-state index in [1.807, 2.05) is 19.1 Å². The molecule has 0 saturated heterocycles. The van der Waals surface area contributed by atoms with Gasteiger partial charge >= 0.3 is 0 Å². The SMILES string of the molecule is CCc1ccc(N(CCCC(=O)N(Cc2ccccc2F)[C@@H](C)C(=O)NC2CCCC2)S(C)(=O)=O)cc1. The zero-order valence-electron chi connectivity index (χ0n) is 22.0. The van der Waals surface area contributed by atoms with E-state index < -0.39 is 21.9 Å². The lowest BCUT2D eigenvalue weighted by Gasteiger charge is -2.30. The molecule has 1 aliphatic carbocycles. The van der Waals surface area contributed by atoms with Gasteiger partial charge < -0.3 is 10.2 Å². The predicted octanol–water partition coefficient (Wildman–Crippen LogP) is 4.41. The minimum Gasteiger partial charge on any atom is -0.352 e. The van der Waals surface area contributed by atoms with Crippen LogP contribution in [0, 0.1) is 5.82 Å². The van der Waals surface area contributed by atoms with Crippen molar-refractivity contribution in [3.05, 3.63) is 65.5 Å². The Hall–Kier alpha value is -2.94. The third-order valence-corrected chi connectivity index (χ3v) is 8.15. The van der Waals surface area contributed by atoms with Crippen molar-refractivity contribution in [2.45, 2.75) is 77.4 Å². The van der Waals surface area contributed by atoms with Gasteiger partial charge in [-0.05, 0) is 56.4 Å². The minimum absolute atomic E-state index is 0.0224. The molecule has 0 aliphatic heterocycles. The van der Waals surface area contributed by atoms with Gasteiger partial charge in [0.1, 0.15) is 11.9 Å². The third-order valence-electron chi connectivity index (χ3n) is 6.95. The number of benzene rings is 2. The Labute approximate surface area is 220 Å². The molecule has 0 aromatic heterocycles. The number of sulfonamides is 1. The van der Waals surface area contributed by atoms with Gasteiger partial charge in [-0.2, -0.15) is 0 Å². The number of aryl methyl sites for hydroxylation is 1. The van der Waals surface area contributed by atoms with Gasteiger partial charge in [0.05, 0.1) is 11.9 Å². The second-order valence-corrected chi connectivity index (χ2v) is 11.6. The van der Waals surface area contributed by atoms with Crippen molar-refractivity contribution in [2.24, 2.45) is 0 Å². The van der Waals surface area contributed by atoms with E-state index >= 15 is 0 Å². The molecule has 0 heterocycles. The summed E-state index contributed by atoms with van der Waals surface area (Å²) in [5.41, 5.74) is 1.96. The molecule has 0 bridgehead atoms. The van der Waals surface area contributed by atoms with Gasteiger partial charge in [-0.1, -0.05) is 50.1 Å². The number of anilines is 1. The third kappa shape index (κ3) is 8.02. The fraction of sp³-hybridized carbons (Fsp3) is 0.500. The highest BCUT2D eigenvalue weighted by Crippen LogP contribution is 2.21. The fourth-order valence-electron chi connectivity index (χ4n) is 4.69. The van der Waals surface area contributed by atoms with Gasteiger partial charge in [-0.3, -0.25) is 13.9 Å². The Balaban J connectivity index is 1.72. The first-order valence-electron chi connectivity index (χ1n) is 13.0. The molecule has 7 nitrogen and oxygen atoms in total. The van der Waals surface area contributed by atoms with Gasteiger partial charge in [0, 0.05) is 31.1 Å². The van der Waals surface area contributed by atoms with E-state index in [0.717, 1.165) is 43.9 Å². The predicted molar refractivity (Wildman–Crippen MR) is 144 cm³/mol. The molecular weight excluding hydrogens is 493 g/mol. The molecule has 1 atom stereocenters. The van der Waals surface area contributed by atoms with Crippen LogP contribution in [-0.2, 0) is 32.6 Å². The molecule has 1 saturated carbocycles. The van der Waals surface area contributed by atoms with Gasteiger partial charge in [-0.25, -0.2) is 12.8 Å². The topological polar surface area (TPSA) is 86.8 Å². The van der Waals surface area contributed by atoms with Crippen LogP contribution in [0.25, 0.3) is 0 Å². The highest BCUT2D eigenvalue weighted by Gasteiger charge is 2.29. The van der Waals surface area contributed by atoms with E-state index in [0.29, 0.717) is 11.3 Å². The highest BCUT2D eigenvalue weighted by atomic mass is 32.2. The number of carbonyl (C=O) groups excluding carboxylic acids is 2. The first-order chi connectivity index (χ1) is 17.6. The first kappa shape index (κ1) is 28.6. The lowest BCUT2D eigenvalue weighted by Crippen LogP contribution is -2.49. The molecule has 0 unspecified atom stereocenters. The lowest BCUT2D eigenvalue weighted by molar-refractivity contribution is -0.141. The number of nitrogens with one attached hydrogen (secondary N) is 1. The lowest BCUT2D eigenvalue weighted by atomic mass is 10.1. The Kier molecular flexibility index (Phi) is 10.1. The van der Waals surface area contributed by atoms with Crippen LogP contribution in [0.5, 0.6) is 0 Å². The first-order valence-corrected chi connectivity index (χ1v) is 14.8. The molecule has 2 amide bonds. The van der Waals surface area contributed by atoms with Gasteiger partial charge in [0.25, 0.3) is 0 Å². The fourth-order valence-corrected chi connectivity index (χ4v) is 5.65. The molecule has 0 radical (unpaired) electrons. The Morgan fingerprint density at radius 3 is 2.32 bits per heavy atom. The van der Waals surface area contributed by atoms with Gasteiger partial charge in [0.15, 0.2) is 0 Å². The Morgan fingerprint density at radius 1 is 1.08 bits per heavy atom. The van der Waals surface area contributed by atoms with Crippen LogP contribution in [0.1, 0.15) is 63.5 Å². The van der Waals surface area contributed by atoms with Crippen LogP contribution < -0.4 is 9.62 Å². The number of amides is 2. The van der Waals surface area contributed by atoms with Gasteiger partial charge in [-0.15, -0.1) is 0 Å². The number of carbonyl (C=O) groups is 2. The highest BCUT2D eigenvalue weighted by molar-refractivity contribution is 7.92. The number of hydrogen-bond acceptors (Lipinski definition) is 4. The van der Waals surface area contributed by atoms with E-state index in [9.17, 15) is 22.4 Å². The van der Waals surface area contributed by atoms with Crippen molar-refractivity contribution >= 4 is 27.5 Å². The van der Waals surface area contributed by atoms with Crippen LogP contribution in [0.3, 0.4) is 0 Å². The summed E-state index contributed by atoms with van der Waals surface area (Å²) in [6, 6.07) is 12.8. The summed E-state index contributed by atoms with van der Waals surface area (Å²) in [5.74, 6) is -1.03. The molecule has 2 aromatic rings. The van der Waals surface area contributed by atoms with Crippen LogP contribution in [-0.4, -0.2) is 50.0 Å². The van der Waals surface area contributed by atoms with Crippen LogP contribution >= 0.6 is 0 Å². The summed E-state index contributed by atoms with van der Waals surface area (Å²) in [4.78, 5) is 27.7. The maximum Gasteiger partial charge on any atom is 0.242 e. The molecule has 0 spiro atoms. The number of nitrogens with zero attached hydrogens (tertiary/aromatic N) is 2. The number of rotatable bonds is 12. The average molecular weight is 532 g/mol. The monoisotopic (exact) mass is 531 g/mol. The zero-order chi connectivity index (χ0) is 27.0. The second kappa shape index (κ2) is 13.0. The molecule has 3 rings (SSSR count). The number of halogens is 1. The summed E-state index contributed by atoms with van der Waals surface area (Å²) >= 11 is 0. The Morgan fingerprint density at radius 2 is 1.73 bits per heavy atom. The van der Waals surface area contributed by atoms with Crippen molar-refractivity contribution in [2.75, 3.05) is 17.1 Å². The largest absolute Gasteiger partial charge is 0.352 e. The summed E-state index contributed by atoms with van der Waals surface area (Å²) < 4.78 is 40.7. The van der Waals surface area contributed by atoms with Crippen LogP contribution in [0.15, 0.2) is 48.5 Å². The zero-order valence-corrected chi connectivity index (χ0v) is 22.8. The van der Waals surface area contributed by atoms with E-state index in [1.54, 1.807) is 37.3 Å². The Bertz CT molecular complexity index is 1160. The molecular formula is C28H38FN3O4S.